The number of benzene rings is 1. The second kappa shape index (κ2) is 4.94. The number of hydrogen-bond acceptors (Lipinski definition) is 2. The van der Waals surface area contributed by atoms with E-state index < -0.39 is 11.6 Å². The molecule has 0 saturated heterocycles. The molecule has 2 rings (SSSR count). The zero-order valence-corrected chi connectivity index (χ0v) is 10.9. The molecule has 0 amide bonds. The number of rotatable bonds is 2. The third-order valence-electron chi connectivity index (χ3n) is 2.76. The number of hydrogen-bond donors (Lipinski definition) is 1. The van der Waals surface area contributed by atoms with E-state index in [1.165, 1.54) is 12.1 Å². The van der Waals surface area contributed by atoms with E-state index in [9.17, 15) is 8.78 Å². The summed E-state index contributed by atoms with van der Waals surface area (Å²) in [4.78, 5) is 7.18. The van der Waals surface area contributed by atoms with Gasteiger partial charge in [-0.1, -0.05) is 25.2 Å². The number of aryl methyl sites for hydroxylation is 1. The van der Waals surface area contributed by atoms with Crippen LogP contribution in [0.2, 0.25) is 0 Å². The third-order valence-corrected chi connectivity index (χ3v) is 3.15. The normalized spacial score (nSPS) is 10.7. The average Bonchev–Trinajstić information content (AvgIpc) is 2.36. The Balaban J connectivity index is 2.74. The second-order valence-corrected chi connectivity index (χ2v) is 4.33. The van der Waals surface area contributed by atoms with Crippen molar-refractivity contribution in [3.8, 4) is 11.3 Å². The SMILES string of the molecule is CCc1nc(=S)c(C)c(-c2cccc(F)c2F)[nH]1. The molecule has 1 aromatic heterocycles. The van der Waals surface area contributed by atoms with Crippen molar-refractivity contribution in [1.82, 2.24) is 9.97 Å². The van der Waals surface area contributed by atoms with E-state index in [1.54, 1.807) is 6.92 Å². The highest BCUT2D eigenvalue weighted by atomic mass is 32.1. The molecule has 1 aromatic carbocycles. The fraction of sp³-hybridized carbons (Fsp3) is 0.231. The third kappa shape index (κ3) is 2.18. The number of halogens is 2. The van der Waals surface area contributed by atoms with Gasteiger partial charge in [0, 0.05) is 17.5 Å². The van der Waals surface area contributed by atoms with Crippen LogP contribution in [0.15, 0.2) is 18.2 Å². The molecule has 0 radical (unpaired) electrons. The summed E-state index contributed by atoms with van der Waals surface area (Å²) >= 11 is 5.12. The van der Waals surface area contributed by atoms with Crippen molar-refractivity contribution in [3.63, 3.8) is 0 Å². The molecule has 18 heavy (non-hydrogen) atoms. The Morgan fingerprint density at radius 2 is 2.06 bits per heavy atom. The van der Waals surface area contributed by atoms with Crippen molar-refractivity contribution in [2.24, 2.45) is 0 Å². The predicted molar refractivity (Wildman–Crippen MR) is 68.9 cm³/mol. The lowest BCUT2D eigenvalue weighted by molar-refractivity contribution is 0.511. The first-order valence-electron chi connectivity index (χ1n) is 5.58. The number of nitrogens with one attached hydrogen (secondary N) is 1. The van der Waals surface area contributed by atoms with Crippen molar-refractivity contribution >= 4 is 12.2 Å². The Hall–Kier alpha value is -1.62. The van der Waals surface area contributed by atoms with E-state index in [-0.39, 0.29) is 5.56 Å². The Morgan fingerprint density at radius 1 is 1.33 bits per heavy atom. The van der Waals surface area contributed by atoms with Gasteiger partial charge in [0.25, 0.3) is 0 Å². The molecule has 1 heterocycles. The summed E-state index contributed by atoms with van der Waals surface area (Å²) in [5.74, 6) is -1.09. The summed E-state index contributed by atoms with van der Waals surface area (Å²) in [5.41, 5.74) is 1.31. The van der Waals surface area contributed by atoms with Crippen molar-refractivity contribution in [1.29, 1.82) is 0 Å². The second-order valence-electron chi connectivity index (χ2n) is 3.94. The van der Waals surface area contributed by atoms with Gasteiger partial charge in [0.1, 0.15) is 10.5 Å². The Kier molecular flexibility index (Phi) is 3.52. The summed E-state index contributed by atoms with van der Waals surface area (Å²) in [6.45, 7) is 3.65. The van der Waals surface area contributed by atoms with Gasteiger partial charge in [-0.15, -0.1) is 0 Å². The van der Waals surface area contributed by atoms with Crippen LogP contribution in [0, 0.1) is 23.2 Å². The quantitative estimate of drug-likeness (QED) is 0.834. The monoisotopic (exact) mass is 266 g/mol. The highest BCUT2D eigenvalue weighted by molar-refractivity contribution is 7.71. The fourth-order valence-electron chi connectivity index (χ4n) is 1.71. The van der Waals surface area contributed by atoms with Crippen LogP contribution in [0.3, 0.4) is 0 Å². The van der Waals surface area contributed by atoms with Crippen LogP contribution in [-0.4, -0.2) is 9.97 Å². The first kappa shape index (κ1) is 12.8. The topological polar surface area (TPSA) is 28.7 Å². The van der Waals surface area contributed by atoms with Gasteiger partial charge in [0.15, 0.2) is 11.6 Å². The zero-order valence-electron chi connectivity index (χ0n) is 10.1. The van der Waals surface area contributed by atoms with Gasteiger partial charge in [-0.05, 0) is 19.1 Å². The summed E-state index contributed by atoms with van der Waals surface area (Å²) in [6, 6.07) is 4.08. The molecule has 2 aromatic rings. The molecule has 1 N–H and O–H groups in total. The van der Waals surface area contributed by atoms with E-state index >= 15 is 0 Å². The first-order valence-corrected chi connectivity index (χ1v) is 5.99. The smallest absolute Gasteiger partial charge is 0.168 e. The van der Waals surface area contributed by atoms with Crippen LogP contribution in [0.5, 0.6) is 0 Å². The molecule has 0 unspecified atom stereocenters. The standard InChI is InChI=1S/C13H12F2N2S/c1-3-10-16-12(7(2)13(18)17-10)8-5-4-6-9(14)11(8)15/h4-6H,3H2,1-2H3,(H,16,17,18). The Morgan fingerprint density at radius 3 is 2.72 bits per heavy atom. The van der Waals surface area contributed by atoms with E-state index in [2.05, 4.69) is 9.97 Å². The van der Waals surface area contributed by atoms with Crippen LogP contribution in [-0.2, 0) is 6.42 Å². The molecular weight excluding hydrogens is 254 g/mol. The number of aromatic nitrogens is 2. The maximum Gasteiger partial charge on any atom is 0.168 e. The van der Waals surface area contributed by atoms with Gasteiger partial charge in [-0.3, -0.25) is 0 Å². The predicted octanol–water partition coefficient (Wildman–Crippen LogP) is 3.96. The zero-order chi connectivity index (χ0) is 13.3. The maximum absolute atomic E-state index is 13.8. The average molecular weight is 266 g/mol. The van der Waals surface area contributed by atoms with Crippen LogP contribution >= 0.6 is 12.2 Å². The van der Waals surface area contributed by atoms with Crippen LogP contribution < -0.4 is 0 Å². The summed E-state index contributed by atoms with van der Waals surface area (Å²) in [5, 5.41) is 0. The molecule has 0 bridgehead atoms. The summed E-state index contributed by atoms with van der Waals surface area (Å²) in [7, 11) is 0. The molecule has 0 aliphatic rings. The minimum Gasteiger partial charge on any atom is -0.343 e. The van der Waals surface area contributed by atoms with Crippen LogP contribution in [0.4, 0.5) is 8.78 Å². The highest BCUT2D eigenvalue weighted by Crippen LogP contribution is 2.25. The molecule has 0 spiro atoms. The van der Waals surface area contributed by atoms with Crippen LogP contribution in [0.25, 0.3) is 11.3 Å². The van der Waals surface area contributed by atoms with Gasteiger partial charge in [-0.2, -0.15) is 0 Å². The molecule has 0 fully saturated rings. The lowest BCUT2D eigenvalue weighted by atomic mass is 10.1. The van der Waals surface area contributed by atoms with Gasteiger partial charge >= 0.3 is 0 Å². The summed E-state index contributed by atoms with van der Waals surface area (Å²) in [6.07, 6.45) is 0.647. The Labute approximate surface area is 109 Å². The number of H-pyrrole nitrogens is 1. The molecule has 94 valence electrons. The first-order chi connectivity index (χ1) is 8.54. The van der Waals surface area contributed by atoms with Crippen LogP contribution in [0.1, 0.15) is 18.3 Å². The fourth-order valence-corrected chi connectivity index (χ4v) is 1.93. The van der Waals surface area contributed by atoms with E-state index in [1.807, 2.05) is 6.92 Å². The van der Waals surface area contributed by atoms with Crippen molar-refractivity contribution in [3.05, 3.63) is 45.9 Å². The molecule has 0 aliphatic carbocycles. The molecule has 2 nitrogen and oxygen atoms in total. The minimum atomic E-state index is -0.875. The van der Waals surface area contributed by atoms with E-state index in [4.69, 9.17) is 12.2 Å². The molecule has 0 aliphatic heterocycles. The lowest BCUT2D eigenvalue weighted by Gasteiger charge is -2.10. The molecule has 0 atom stereocenters. The lowest BCUT2D eigenvalue weighted by Crippen LogP contribution is -2.01. The Bertz CT molecular complexity index is 650. The molecular formula is C13H12F2N2S. The van der Waals surface area contributed by atoms with Gasteiger partial charge in [0.2, 0.25) is 0 Å². The van der Waals surface area contributed by atoms with Crippen molar-refractivity contribution < 1.29 is 8.78 Å². The minimum absolute atomic E-state index is 0.177. The van der Waals surface area contributed by atoms with Crippen molar-refractivity contribution in [2.45, 2.75) is 20.3 Å². The number of aromatic amines is 1. The number of nitrogens with zero attached hydrogens (tertiary/aromatic N) is 1. The van der Waals surface area contributed by atoms with Gasteiger partial charge in [0.05, 0.1) is 5.69 Å². The molecule has 5 heteroatoms. The largest absolute Gasteiger partial charge is 0.343 e. The van der Waals surface area contributed by atoms with E-state index in [0.717, 1.165) is 6.07 Å². The highest BCUT2D eigenvalue weighted by Gasteiger charge is 2.13. The van der Waals surface area contributed by atoms with Gasteiger partial charge < -0.3 is 4.98 Å². The molecule has 0 saturated carbocycles. The maximum atomic E-state index is 13.8. The summed E-state index contributed by atoms with van der Waals surface area (Å²) < 4.78 is 27.4. The van der Waals surface area contributed by atoms with E-state index in [0.29, 0.717) is 28.1 Å². The van der Waals surface area contributed by atoms with Crippen molar-refractivity contribution in [2.75, 3.05) is 0 Å². The van der Waals surface area contributed by atoms with Gasteiger partial charge in [-0.25, -0.2) is 13.8 Å².